The van der Waals surface area contributed by atoms with E-state index in [1.165, 1.54) is 19.2 Å². The van der Waals surface area contributed by atoms with Gasteiger partial charge in [-0.1, -0.05) is 30.3 Å². The zero-order valence-corrected chi connectivity index (χ0v) is 10.2. The number of carboxylic acid groups (broad SMARTS) is 1. The molecule has 0 radical (unpaired) electrons. The first kappa shape index (κ1) is 13.7. The average Bonchev–Trinajstić information content (AvgIpc) is 2.27. The van der Waals surface area contributed by atoms with Crippen molar-refractivity contribution in [2.75, 3.05) is 19.5 Å². The molecule has 17 heavy (non-hydrogen) atoms. The van der Waals surface area contributed by atoms with Crippen LogP contribution in [0.1, 0.15) is 10.8 Å². The van der Waals surface area contributed by atoms with Gasteiger partial charge in [0.15, 0.2) is 15.1 Å². The molecule has 94 valence electrons. The minimum atomic E-state index is -3.76. The molecule has 0 aliphatic rings. The van der Waals surface area contributed by atoms with Crippen molar-refractivity contribution >= 4 is 15.8 Å². The van der Waals surface area contributed by atoms with Crippen molar-refractivity contribution in [3.8, 4) is 0 Å². The Morgan fingerprint density at radius 2 is 1.94 bits per heavy atom. The number of aliphatic carboxylic acids is 1. The van der Waals surface area contributed by atoms with Gasteiger partial charge in [-0.15, -0.1) is 0 Å². The Kier molecular flexibility index (Phi) is 4.65. The van der Waals surface area contributed by atoms with Crippen LogP contribution in [0.25, 0.3) is 0 Å². The van der Waals surface area contributed by atoms with Crippen LogP contribution >= 0.6 is 0 Å². The highest BCUT2D eigenvalue weighted by molar-refractivity contribution is 7.92. The molecule has 1 N–H and O–H groups in total. The van der Waals surface area contributed by atoms with Gasteiger partial charge in [0.05, 0.1) is 12.4 Å². The maximum absolute atomic E-state index is 11.9. The Morgan fingerprint density at radius 3 is 2.41 bits per heavy atom. The quantitative estimate of drug-likeness (QED) is 0.819. The van der Waals surface area contributed by atoms with E-state index in [9.17, 15) is 13.2 Å². The summed E-state index contributed by atoms with van der Waals surface area (Å²) in [6.45, 7) is -0.0149. The van der Waals surface area contributed by atoms with Crippen LogP contribution in [-0.2, 0) is 19.4 Å². The Labute approximate surface area is 100.0 Å². The van der Waals surface area contributed by atoms with Crippen LogP contribution in [0, 0.1) is 0 Å². The molecule has 0 saturated heterocycles. The molecular weight excluding hydrogens is 244 g/mol. The summed E-state index contributed by atoms with van der Waals surface area (Å²) < 4.78 is 28.4. The van der Waals surface area contributed by atoms with E-state index in [1.54, 1.807) is 18.2 Å². The van der Waals surface area contributed by atoms with Crippen molar-refractivity contribution in [2.24, 2.45) is 0 Å². The molecule has 1 rings (SSSR count). The van der Waals surface area contributed by atoms with Gasteiger partial charge in [0.2, 0.25) is 0 Å². The highest BCUT2D eigenvalue weighted by Gasteiger charge is 2.33. The molecule has 1 unspecified atom stereocenters. The monoisotopic (exact) mass is 258 g/mol. The van der Waals surface area contributed by atoms with Crippen LogP contribution < -0.4 is 0 Å². The predicted octanol–water partition coefficient (Wildman–Crippen LogP) is 0.873. The van der Waals surface area contributed by atoms with Crippen LogP contribution in [0.4, 0.5) is 0 Å². The van der Waals surface area contributed by atoms with Gasteiger partial charge in [0, 0.05) is 7.11 Å². The molecule has 0 amide bonds. The molecule has 6 heteroatoms. The predicted molar refractivity (Wildman–Crippen MR) is 62.5 cm³/mol. The summed E-state index contributed by atoms with van der Waals surface area (Å²) in [6.07, 6.45) is 0. The lowest BCUT2D eigenvalue weighted by Crippen LogP contribution is -2.26. The summed E-state index contributed by atoms with van der Waals surface area (Å²) in [5.41, 5.74) is 0.260. The molecule has 1 aromatic carbocycles. The smallest absolute Gasteiger partial charge is 0.326 e. The second-order valence-electron chi connectivity index (χ2n) is 3.49. The number of rotatable bonds is 6. The van der Waals surface area contributed by atoms with E-state index in [4.69, 9.17) is 5.11 Å². The van der Waals surface area contributed by atoms with Crippen molar-refractivity contribution in [3.05, 3.63) is 35.9 Å². The van der Waals surface area contributed by atoms with Gasteiger partial charge in [0.25, 0.3) is 0 Å². The minimum absolute atomic E-state index is 0.0149. The van der Waals surface area contributed by atoms with E-state index < -0.39 is 21.1 Å². The van der Waals surface area contributed by atoms with Crippen LogP contribution in [-0.4, -0.2) is 39.0 Å². The summed E-state index contributed by atoms with van der Waals surface area (Å²) in [6, 6.07) is 7.89. The Hall–Kier alpha value is -1.40. The number of hydrogen-bond donors (Lipinski definition) is 1. The summed E-state index contributed by atoms with van der Waals surface area (Å²) in [7, 11) is -2.39. The fourth-order valence-corrected chi connectivity index (χ4v) is 2.96. The molecule has 1 aromatic rings. The zero-order chi connectivity index (χ0) is 12.9. The Morgan fingerprint density at radius 1 is 1.35 bits per heavy atom. The molecule has 0 spiro atoms. The van der Waals surface area contributed by atoms with Gasteiger partial charge in [-0.05, 0) is 5.56 Å². The normalized spacial score (nSPS) is 13.2. The lowest BCUT2D eigenvalue weighted by molar-refractivity contribution is -0.136. The fraction of sp³-hybridized carbons (Fsp3) is 0.364. The lowest BCUT2D eigenvalue weighted by Gasteiger charge is -2.13. The minimum Gasteiger partial charge on any atom is -0.480 e. The maximum Gasteiger partial charge on any atom is 0.326 e. The van der Waals surface area contributed by atoms with E-state index in [0.29, 0.717) is 0 Å². The number of benzene rings is 1. The van der Waals surface area contributed by atoms with E-state index in [0.717, 1.165) is 0 Å². The van der Waals surface area contributed by atoms with Crippen LogP contribution in [0.15, 0.2) is 30.3 Å². The maximum atomic E-state index is 11.9. The first-order chi connectivity index (χ1) is 7.99. The highest BCUT2D eigenvalue weighted by atomic mass is 32.2. The summed E-state index contributed by atoms with van der Waals surface area (Å²) in [5, 5.41) is 7.51. The van der Waals surface area contributed by atoms with Crippen LogP contribution in [0.5, 0.6) is 0 Å². The Balaban J connectivity index is 3.07. The van der Waals surface area contributed by atoms with E-state index in [2.05, 4.69) is 4.74 Å². The number of carbonyl (C=O) groups is 1. The lowest BCUT2D eigenvalue weighted by atomic mass is 10.1. The van der Waals surface area contributed by atoms with Crippen molar-refractivity contribution in [1.29, 1.82) is 0 Å². The first-order valence-corrected chi connectivity index (χ1v) is 6.69. The van der Waals surface area contributed by atoms with E-state index >= 15 is 0 Å². The van der Waals surface area contributed by atoms with Crippen molar-refractivity contribution < 1.29 is 23.1 Å². The van der Waals surface area contributed by atoms with Gasteiger partial charge in [-0.25, -0.2) is 8.42 Å². The van der Waals surface area contributed by atoms with Crippen LogP contribution in [0.2, 0.25) is 0 Å². The van der Waals surface area contributed by atoms with E-state index in [1.807, 2.05) is 0 Å². The number of carboxylic acids is 1. The molecule has 5 nitrogen and oxygen atoms in total. The van der Waals surface area contributed by atoms with Crippen molar-refractivity contribution in [2.45, 2.75) is 5.25 Å². The topological polar surface area (TPSA) is 80.7 Å². The molecular formula is C11H14O5S. The molecule has 0 aliphatic heterocycles. The van der Waals surface area contributed by atoms with Crippen LogP contribution in [0.3, 0.4) is 0 Å². The van der Waals surface area contributed by atoms with Gasteiger partial charge >= 0.3 is 5.97 Å². The van der Waals surface area contributed by atoms with Gasteiger partial charge in [-0.2, -0.15) is 0 Å². The standard InChI is InChI=1S/C11H14O5S/c1-16-7-8-17(14,15)10(11(12)13)9-5-3-2-4-6-9/h2-6,10H,7-8H2,1H3,(H,12,13). The Bertz CT molecular complexity index is 466. The third-order valence-electron chi connectivity index (χ3n) is 2.26. The summed E-state index contributed by atoms with van der Waals surface area (Å²) >= 11 is 0. The number of ether oxygens (including phenoxy) is 1. The van der Waals surface area contributed by atoms with Gasteiger partial charge in [0.1, 0.15) is 0 Å². The third kappa shape index (κ3) is 3.54. The summed E-state index contributed by atoms with van der Waals surface area (Å²) in [4.78, 5) is 11.1. The molecule has 0 aromatic heterocycles. The molecule has 0 heterocycles. The molecule has 1 atom stereocenters. The molecule has 0 bridgehead atoms. The third-order valence-corrected chi connectivity index (χ3v) is 4.19. The second kappa shape index (κ2) is 5.79. The molecule has 0 fully saturated rings. The number of methoxy groups -OCH3 is 1. The largest absolute Gasteiger partial charge is 0.480 e. The molecule has 0 aliphatic carbocycles. The first-order valence-electron chi connectivity index (χ1n) is 4.97. The van der Waals surface area contributed by atoms with Crippen molar-refractivity contribution in [3.63, 3.8) is 0 Å². The van der Waals surface area contributed by atoms with E-state index in [-0.39, 0.29) is 17.9 Å². The number of hydrogen-bond acceptors (Lipinski definition) is 4. The van der Waals surface area contributed by atoms with Gasteiger partial charge in [-0.3, -0.25) is 4.79 Å². The highest BCUT2D eigenvalue weighted by Crippen LogP contribution is 2.23. The fourth-order valence-electron chi connectivity index (χ4n) is 1.45. The van der Waals surface area contributed by atoms with Gasteiger partial charge < -0.3 is 9.84 Å². The SMILES string of the molecule is COCCS(=O)(=O)C(C(=O)O)c1ccccc1. The summed E-state index contributed by atoms with van der Waals surface area (Å²) in [5.74, 6) is -1.68. The second-order valence-corrected chi connectivity index (χ2v) is 5.69. The zero-order valence-electron chi connectivity index (χ0n) is 9.37. The number of sulfone groups is 1. The van der Waals surface area contributed by atoms with Crippen molar-refractivity contribution in [1.82, 2.24) is 0 Å². The average molecular weight is 258 g/mol. The molecule has 0 saturated carbocycles.